The first-order chi connectivity index (χ1) is 6.81. The highest BCUT2D eigenvalue weighted by molar-refractivity contribution is 8.27. The summed E-state index contributed by atoms with van der Waals surface area (Å²) >= 11 is 20.5. The van der Waals surface area contributed by atoms with Crippen molar-refractivity contribution in [1.29, 1.82) is 0 Å². The highest BCUT2D eigenvalue weighted by Crippen LogP contribution is 2.22. The van der Waals surface area contributed by atoms with Gasteiger partial charge in [0.1, 0.15) is 0 Å². The van der Waals surface area contributed by atoms with E-state index in [1.807, 2.05) is 47.0 Å². The maximum Gasteiger partial charge on any atom is 0.0408 e. The van der Waals surface area contributed by atoms with Crippen molar-refractivity contribution in [2.24, 2.45) is 0 Å². The van der Waals surface area contributed by atoms with Gasteiger partial charge in [-0.2, -0.15) is 37.9 Å². The molecule has 0 aliphatic carbocycles. The highest BCUT2D eigenvalue weighted by Gasteiger charge is 1.99. The average molecular weight is 325 g/mol. The van der Waals surface area contributed by atoms with E-state index in [-0.39, 0.29) is 0 Å². The van der Waals surface area contributed by atoms with E-state index in [1.54, 1.807) is 0 Å². The third-order valence-electron chi connectivity index (χ3n) is 1.11. The van der Waals surface area contributed by atoms with Crippen LogP contribution in [-0.4, -0.2) is 37.1 Å². The van der Waals surface area contributed by atoms with Gasteiger partial charge >= 0.3 is 0 Å². The summed E-state index contributed by atoms with van der Waals surface area (Å²) in [7, 11) is 0. The molecule has 0 aliphatic rings. The minimum Gasteiger partial charge on any atom is -0.178 e. The predicted molar refractivity (Wildman–Crippen MR) is 90.3 cm³/mol. The molecule has 0 aliphatic heterocycles. The zero-order valence-electron chi connectivity index (χ0n) is 7.79. The van der Waals surface area contributed by atoms with E-state index in [4.69, 9.17) is 0 Å². The molecule has 1 atom stereocenters. The molecule has 0 amide bonds. The van der Waals surface area contributed by atoms with Gasteiger partial charge in [-0.15, -0.1) is 47.0 Å². The van der Waals surface area contributed by atoms with E-state index < -0.39 is 0 Å². The van der Waals surface area contributed by atoms with Gasteiger partial charge in [0.05, 0.1) is 0 Å². The Balaban J connectivity index is 2.92. The fourth-order valence-corrected chi connectivity index (χ4v) is 6.07. The lowest BCUT2D eigenvalue weighted by molar-refractivity contribution is 1.17. The second-order valence-electron chi connectivity index (χ2n) is 2.30. The molecule has 0 nitrogen and oxygen atoms in total. The molecule has 14 heavy (non-hydrogen) atoms. The smallest absolute Gasteiger partial charge is 0.0408 e. The summed E-state index contributed by atoms with van der Waals surface area (Å²) in [6.07, 6.45) is 0. The number of hydrogen-bond acceptors (Lipinski definition) is 7. The quantitative estimate of drug-likeness (QED) is 0.316. The fraction of sp³-hybridized carbons (Fsp3) is 1.00. The van der Waals surface area contributed by atoms with Crippen molar-refractivity contribution in [3.63, 3.8) is 0 Å². The molecular formula is C7H16S7. The Labute approximate surface area is 121 Å². The van der Waals surface area contributed by atoms with E-state index >= 15 is 0 Å². The van der Waals surface area contributed by atoms with Crippen LogP contribution in [0.5, 0.6) is 0 Å². The first kappa shape index (κ1) is 16.4. The van der Waals surface area contributed by atoms with Crippen LogP contribution < -0.4 is 0 Å². The maximum atomic E-state index is 4.38. The molecule has 0 spiro atoms. The van der Waals surface area contributed by atoms with Gasteiger partial charge in [-0.1, -0.05) is 0 Å². The molecule has 0 radical (unpaired) electrons. The normalized spacial score (nSPS) is 13.1. The average Bonchev–Trinajstić information content (AvgIpc) is 2.21. The second kappa shape index (κ2) is 13.5. The zero-order valence-corrected chi connectivity index (χ0v) is 13.7. The topological polar surface area (TPSA) is 0 Å². The van der Waals surface area contributed by atoms with Crippen molar-refractivity contribution in [1.82, 2.24) is 0 Å². The van der Waals surface area contributed by atoms with Crippen molar-refractivity contribution in [2.45, 2.75) is 5.25 Å². The molecular weight excluding hydrogens is 309 g/mol. The van der Waals surface area contributed by atoms with E-state index in [2.05, 4.69) is 37.9 Å². The first-order valence-electron chi connectivity index (χ1n) is 4.02. The molecule has 0 rings (SSSR count). The summed E-state index contributed by atoms with van der Waals surface area (Å²) in [6, 6.07) is 0. The standard InChI is InChI=1S/C7H16S7/c8-1-7(10)2-11-4-13-6-14-5-12-3-9/h7-10H,1-6H2. The van der Waals surface area contributed by atoms with Crippen molar-refractivity contribution < 1.29 is 0 Å². The molecule has 0 saturated carbocycles. The lowest BCUT2D eigenvalue weighted by Gasteiger charge is -2.06. The Hall–Kier alpha value is 2.45. The molecule has 7 heteroatoms. The summed E-state index contributed by atoms with van der Waals surface area (Å²) in [5.41, 5.74) is 0. The van der Waals surface area contributed by atoms with Gasteiger partial charge in [0.2, 0.25) is 0 Å². The Bertz CT molecular complexity index is 110. The summed E-state index contributed by atoms with van der Waals surface area (Å²) < 4.78 is 0. The van der Waals surface area contributed by atoms with E-state index in [9.17, 15) is 0 Å². The number of thiol groups is 3. The van der Waals surface area contributed by atoms with Gasteiger partial charge in [-0.05, 0) is 0 Å². The fourth-order valence-electron chi connectivity index (χ4n) is 0.519. The molecule has 0 aromatic heterocycles. The molecule has 0 bridgehead atoms. The molecule has 0 N–H and O–H groups in total. The number of hydrogen-bond donors (Lipinski definition) is 3. The van der Waals surface area contributed by atoms with E-state index in [0.717, 1.165) is 21.7 Å². The largest absolute Gasteiger partial charge is 0.178 e. The highest BCUT2D eigenvalue weighted by atomic mass is 32.3. The lowest BCUT2D eigenvalue weighted by Crippen LogP contribution is -2.03. The van der Waals surface area contributed by atoms with Crippen LogP contribution in [-0.2, 0) is 0 Å². The lowest BCUT2D eigenvalue weighted by atomic mass is 10.6. The van der Waals surface area contributed by atoms with Crippen molar-refractivity contribution in [3.8, 4) is 0 Å². The van der Waals surface area contributed by atoms with Crippen LogP contribution in [0.2, 0.25) is 0 Å². The van der Waals surface area contributed by atoms with Gasteiger partial charge in [-0.3, -0.25) is 0 Å². The summed E-state index contributed by atoms with van der Waals surface area (Å²) in [6.45, 7) is 0. The molecule has 0 aromatic rings. The third kappa shape index (κ3) is 12.5. The summed E-state index contributed by atoms with van der Waals surface area (Å²) in [4.78, 5) is 0. The third-order valence-corrected chi connectivity index (χ3v) is 7.82. The van der Waals surface area contributed by atoms with Gasteiger partial charge in [0, 0.05) is 37.1 Å². The van der Waals surface area contributed by atoms with E-state index in [0.29, 0.717) is 5.25 Å². The molecule has 0 heterocycles. The van der Waals surface area contributed by atoms with Gasteiger partial charge < -0.3 is 0 Å². The van der Waals surface area contributed by atoms with Crippen molar-refractivity contribution in [2.75, 3.05) is 31.8 Å². The predicted octanol–water partition coefficient (Wildman–Crippen LogP) is 3.91. The minimum absolute atomic E-state index is 0.441. The second-order valence-corrected chi connectivity index (χ2v) is 9.23. The van der Waals surface area contributed by atoms with Crippen molar-refractivity contribution >= 4 is 84.9 Å². The molecule has 0 saturated heterocycles. The van der Waals surface area contributed by atoms with Crippen LogP contribution in [0.15, 0.2) is 0 Å². The summed E-state index contributed by atoms with van der Waals surface area (Å²) in [5, 5.41) is 4.88. The van der Waals surface area contributed by atoms with Gasteiger partial charge in [0.25, 0.3) is 0 Å². The van der Waals surface area contributed by atoms with Crippen LogP contribution in [0.25, 0.3) is 0 Å². The minimum atomic E-state index is 0.441. The molecule has 0 fully saturated rings. The molecule has 0 aromatic carbocycles. The van der Waals surface area contributed by atoms with Crippen LogP contribution in [0, 0.1) is 0 Å². The monoisotopic (exact) mass is 324 g/mol. The van der Waals surface area contributed by atoms with Gasteiger partial charge in [-0.25, -0.2) is 0 Å². The Morgan fingerprint density at radius 3 is 2.00 bits per heavy atom. The first-order valence-corrected chi connectivity index (χ1v) is 10.4. The SMILES string of the molecule is SCSCSCSCSCC(S)CS. The number of thioether (sulfide) groups is 4. The molecule has 86 valence electrons. The van der Waals surface area contributed by atoms with E-state index in [1.165, 1.54) is 10.2 Å². The number of rotatable bonds is 10. The molecule has 1 unspecified atom stereocenters. The van der Waals surface area contributed by atoms with Crippen LogP contribution >= 0.6 is 84.9 Å². The Kier molecular flexibility index (Phi) is 15.9. The summed E-state index contributed by atoms with van der Waals surface area (Å²) in [5.74, 6) is 1.98. The van der Waals surface area contributed by atoms with Gasteiger partial charge in [0.15, 0.2) is 0 Å². The Morgan fingerprint density at radius 1 is 0.857 bits per heavy atom. The maximum absolute atomic E-state index is 4.38. The van der Waals surface area contributed by atoms with Crippen LogP contribution in [0.3, 0.4) is 0 Å². The van der Waals surface area contributed by atoms with Crippen LogP contribution in [0.1, 0.15) is 0 Å². The van der Waals surface area contributed by atoms with Crippen LogP contribution in [0.4, 0.5) is 0 Å². The van der Waals surface area contributed by atoms with Crippen molar-refractivity contribution in [3.05, 3.63) is 0 Å². The zero-order chi connectivity index (χ0) is 10.6. The Morgan fingerprint density at radius 2 is 1.43 bits per heavy atom.